The highest BCUT2D eigenvalue weighted by molar-refractivity contribution is 5.81. The highest BCUT2D eigenvalue weighted by Gasteiger charge is 2.46. The van der Waals surface area contributed by atoms with Crippen LogP contribution >= 0.6 is 0 Å². The highest BCUT2D eigenvalue weighted by Crippen LogP contribution is 2.35. The highest BCUT2D eigenvalue weighted by atomic mass is 19.4. The molecule has 154 valence electrons. The number of nitrogen functional groups attached to an aromatic ring is 1. The molecule has 1 fully saturated rings. The Morgan fingerprint density at radius 1 is 1.43 bits per heavy atom. The molecule has 1 aliphatic rings. The van der Waals surface area contributed by atoms with E-state index in [1.807, 2.05) is 0 Å². The summed E-state index contributed by atoms with van der Waals surface area (Å²) in [6.45, 7) is 2.76. The third kappa shape index (κ3) is 3.58. The third-order valence-corrected chi connectivity index (χ3v) is 4.13. The molecule has 0 bridgehead atoms. The van der Waals surface area contributed by atoms with Crippen molar-refractivity contribution in [3.63, 3.8) is 0 Å². The Balaban J connectivity index is 1.90. The van der Waals surface area contributed by atoms with E-state index in [0.717, 1.165) is 10.9 Å². The predicted molar refractivity (Wildman–Crippen MR) is 85.3 cm³/mol. The first-order valence-corrected chi connectivity index (χ1v) is 8.22. The van der Waals surface area contributed by atoms with E-state index in [2.05, 4.69) is 15.0 Å². The van der Waals surface area contributed by atoms with Gasteiger partial charge in [0.2, 0.25) is 5.82 Å². The predicted octanol–water partition coefficient (Wildman–Crippen LogP) is 1.22. The number of carbonyl (C=O) groups excluding carboxylic acids is 1. The number of ether oxygens (including phenoxy) is 2. The van der Waals surface area contributed by atoms with Gasteiger partial charge in [-0.3, -0.25) is 9.36 Å². The van der Waals surface area contributed by atoms with Crippen LogP contribution in [0.1, 0.15) is 25.9 Å². The fourth-order valence-electron chi connectivity index (χ4n) is 2.65. The van der Waals surface area contributed by atoms with E-state index in [0.29, 0.717) is 0 Å². The second kappa shape index (κ2) is 7.13. The number of aliphatic hydroxyl groups is 1. The van der Waals surface area contributed by atoms with Crippen molar-refractivity contribution < 1.29 is 36.9 Å². The number of hydrogen-bond acceptors (Lipinski definition) is 8. The Hall–Kier alpha value is -2.54. The van der Waals surface area contributed by atoms with Crippen molar-refractivity contribution in [2.75, 3.05) is 12.3 Å². The first-order chi connectivity index (χ1) is 13.0. The summed E-state index contributed by atoms with van der Waals surface area (Å²) >= 11 is 0. The van der Waals surface area contributed by atoms with Crippen LogP contribution < -0.4 is 5.73 Å². The van der Waals surface area contributed by atoms with Crippen LogP contribution in [0.4, 0.5) is 23.4 Å². The lowest BCUT2D eigenvalue weighted by Crippen LogP contribution is -2.32. The number of anilines is 1. The molecule has 0 radical (unpaired) electrons. The van der Waals surface area contributed by atoms with Gasteiger partial charge in [0.15, 0.2) is 23.9 Å². The fraction of sp³-hybridized carbons (Fsp3) is 0.600. The third-order valence-electron chi connectivity index (χ3n) is 4.13. The molecule has 1 aliphatic heterocycles. The molecular weight excluding hydrogens is 390 g/mol. The summed E-state index contributed by atoms with van der Waals surface area (Å²) in [5.41, 5.74) is 4.92. The molecule has 13 heteroatoms. The Labute approximate surface area is 155 Å². The number of halogens is 4. The number of nitrogens with two attached hydrogens (primary N) is 1. The number of hydrogen-bond donors (Lipinski definition) is 2. The topological polar surface area (TPSA) is 125 Å². The first-order valence-electron chi connectivity index (χ1n) is 8.22. The van der Waals surface area contributed by atoms with Gasteiger partial charge in [0.05, 0.1) is 12.2 Å². The van der Waals surface area contributed by atoms with Crippen LogP contribution in [0.5, 0.6) is 0 Å². The smallest absolute Gasteiger partial charge is 0.451 e. The van der Waals surface area contributed by atoms with Gasteiger partial charge in [-0.25, -0.2) is 19.3 Å². The Kier molecular flexibility index (Phi) is 5.14. The maximum atomic E-state index is 14.6. The molecule has 28 heavy (non-hydrogen) atoms. The van der Waals surface area contributed by atoms with Gasteiger partial charge in [-0.05, 0) is 0 Å². The monoisotopic (exact) mass is 407 g/mol. The van der Waals surface area contributed by atoms with Crippen LogP contribution in [-0.4, -0.2) is 55.6 Å². The SMILES string of the molecule is CC(C)C(=O)OC[C@H]1O[C@@H](n2cnc3c(N)nc(C(F)(F)F)nc32)C(F)[C@H]1O. The molecule has 3 heterocycles. The molecule has 2 aromatic rings. The minimum atomic E-state index is -4.88. The number of esters is 1. The number of fused-ring (bicyclic) bond motifs is 1. The lowest BCUT2D eigenvalue weighted by Gasteiger charge is -2.16. The molecule has 1 saturated heterocycles. The van der Waals surface area contributed by atoms with E-state index in [4.69, 9.17) is 15.2 Å². The van der Waals surface area contributed by atoms with E-state index in [9.17, 15) is 27.5 Å². The number of rotatable bonds is 4. The van der Waals surface area contributed by atoms with Crippen molar-refractivity contribution in [3.05, 3.63) is 12.2 Å². The van der Waals surface area contributed by atoms with Gasteiger partial charge >= 0.3 is 12.1 Å². The zero-order valence-corrected chi connectivity index (χ0v) is 14.7. The average Bonchev–Trinajstić information content (AvgIpc) is 3.14. The summed E-state index contributed by atoms with van der Waals surface area (Å²) in [4.78, 5) is 21.9. The van der Waals surface area contributed by atoms with Gasteiger partial charge in [-0.1, -0.05) is 13.8 Å². The fourth-order valence-corrected chi connectivity index (χ4v) is 2.65. The normalized spacial score (nSPS) is 25.6. The molecule has 0 aromatic carbocycles. The van der Waals surface area contributed by atoms with Crippen molar-refractivity contribution in [3.8, 4) is 0 Å². The molecular formula is C15H17F4N5O4. The summed E-state index contributed by atoms with van der Waals surface area (Å²) in [6, 6.07) is 0. The second-order valence-corrected chi connectivity index (χ2v) is 6.54. The molecule has 0 saturated carbocycles. The van der Waals surface area contributed by atoms with Crippen LogP contribution in [0.2, 0.25) is 0 Å². The van der Waals surface area contributed by atoms with E-state index < -0.39 is 66.6 Å². The van der Waals surface area contributed by atoms with Crippen molar-refractivity contribution >= 4 is 23.0 Å². The Bertz CT molecular complexity index is 887. The maximum absolute atomic E-state index is 14.6. The number of alkyl halides is 4. The van der Waals surface area contributed by atoms with Gasteiger partial charge in [0.1, 0.15) is 24.3 Å². The minimum absolute atomic E-state index is 0.173. The summed E-state index contributed by atoms with van der Waals surface area (Å²) in [6.07, 6.45) is -10.4. The molecule has 3 N–H and O–H groups in total. The standard InChI is InChI=1S/C15H17F4N5O4/c1-5(2)13(26)27-3-6-9(25)7(16)12(28-6)24-4-21-8-10(20)22-14(15(17,18)19)23-11(8)24/h4-7,9,12,25H,3H2,1-2H3,(H2,20,22,23)/t6-,7?,9+,12-/m1/s1. The van der Waals surface area contributed by atoms with E-state index >= 15 is 0 Å². The van der Waals surface area contributed by atoms with Crippen molar-refractivity contribution in [1.29, 1.82) is 0 Å². The molecule has 0 aliphatic carbocycles. The average molecular weight is 407 g/mol. The van der Waals surface area contributed by atoms with Gasteiger partial charge in [0, 0.05) is 0 Å². The van der Waals surface area contributed by atoms with Crippen LogP contribution in [0.3, 0.4) is 0 Å². The lowest BCUT2D eigenvalue weighted by atomic mass is 10.1. The number of imidazole rings is 1. The Morgan fingerprint density at radius 3 is 2.71 bits per heavy atom. The molecule has 2 aromatic heterocycles. The van der Waals surface area contributed by atoms with Gasteiger partial charge < -0.3 is 20.3 Å². The van der Waals surface area contributed by atoms with Crippen molar-refractivity contribution in [1.82, 2.24) is 19.5 Å². The van der Waals surface area contributed by atoms with Crippen LogP contribution in [-0.2, 0) is 20.4 Å². The largest absolute Gasteiger partial charge is 0.463 e. The molecule has 9 nitrogen and oxygen atoms in total. The summed E-state index contributed by atoms with van der Waals surface area (Å²) in [5.74, 6) is -3.06. The van der Waals surface area contributed by atoms with Gasteiger partial charge in [-0.15, -0.1) is 0 Å². The molecule has 4 atom stereocenters. The van der Waals surface area contributed by atoms with Gasteiger partial charge in [-0.2, -0.15) is 13.2 Å². The van der Waals surface area contributed by atoms with Crippen molar-refractivity contribution in [2.24, 2.45) is 5.92 Å². The Morgan fingerprint density at radius 2 is 2.11 bits per heavy atom. The summed E-state index contributed by atoms with van der Waals surface area (Å²) in [7, 11) is 0. The number of aromatic nitrogens is 4. The second-order valence-electron chi connectivity index (χ2n) is 6.54. The maximum Gasteiger partial charge on any atom is 0.451 e. The number of carbonyl (C=O) groups is 1. The first kappa shape index (κ1) is 20.2. The molecule has 3 rings (SSSR count). The van der Waals surface area contributed by atoms with Gasteiger partial charge in [0.25, 0.3) is 0 Å². The van der Waals surface area contributed by atoms with Crippen LogP contribution in [0.15, 0.2) is 6.33 Å². The van der Waals surface area contributed by atoms with E-state index in [1.54, 1.807) is 13.8 Å². The zero-order chi connectivity index (χ0) is 20.8. The molecule has 1 unspecified atom stereocenters. The summed E-state index contributed by atoms with van der Waals surface area (Å²) < 4.78 is 64.6. The van der Waals surface area contributed by atoms with E-state index in [1.165, 1.54) is 0 Å². The van der Waals surface area contributed by atoms with Crippen LogP contribution in [0.25, 0.3) is 11.2 Å². The van der Waals surface area contributed by atoms with E-state index in [-0.39, 0.29) is 5.52 Å². The van der Waals surface area contributed by atoms with Crippen LogP contribution in [0, 0.1) is 5.92 Å². The van der Waals surface area contributed by atoms with Crippen molar-refractivity contribution in [2.45, 2.75) is 44.6 Å². The quantitative estimate of drug-likeness (QED) is 0.573. The molecule has 0 spiro atoms. The molecule has 0 amide bonds. The zero-order valence-electron chi connectivity index (χ0n) is 14.7. The summed E-state index contributed by atoms with van der Waals surface area (Å²) in [5, 5.41) is 10.0. The minimum Gasteiger partial charge on any atom is -0.463 e. The number of aliphatic hydroxyl groups excluding tert-OH is 1. The lowest BCUT2D eigenvalue weighted by molar-refractivity contribution is -0.153. The number of nitrogens with zero attached hydrogens (tertiary/aromatic N) is 4.